The Morgan fingerprint density at radius 1 is 1.53 bits per heavy atom. The number of carbonyl (C=O) groups is 1. The Kier molecular flexibility index (Phi) is 3.26. The molecular weight excluding hydrogens is 192 g/mol. The zero-order valence-corrected chi connectivity index (χ0v) is 9.28. The highest BCUT2D eigenvalue weighted by Gasteiger charge is 2.37. The largest absolute Gasteiger partial charge is 0.393 e. The van der Waals surface area contributed by atoms with Gasteiger partial charge in [-0.25, -0.2) is 0 Å². The van der Waals surface area contributed by atoms with Crippen LogP contribution in [0.3, 0.4) is 0 Å². The summed E-state index contributed by atoms with van der Waals surface area (Å²) < 4.78 is 0. The minimum Gasteiger partial charge on any atom is -0.393 e. The van der Waals surface area contributed by atoms with Gasteiger partial charge < -0.3 is 15.3 Å². The topological polar surface area (TPSA) is 52.6 Å². The molecule has 1 saturated heterocycles. The lowest BCUT2D eigenvalue weighted by Crippen LogP contribution is -2.51. The van der Waals surface area contributed by atoms with Crippen LogP contribution < -0.4 is 5.32 Å². The predicted molar refractivity (Wildman–Crippen MR) is 57.4 cm³/mol. The molecule has 0 aromatic carbocycles. The standard InChI is InChI=1S/C11H20N2O2/c1-2-8-5-9(6-10(8)14)13-4-3-12-7-11(13)15/h8-10,12,14H,2-7H2,1H3/t8-,9+,10-/m0/s1. The van der Waals surface area contributed by atoms with Crippen molar-refractivity contribution >= 4 is 5.91 Å². The van der Waals surface area contributed by atoms with E-state index >= 15 is 0 Å². The fraction of sp³-hybridized carbons (Fsp3) is 0.909. The van der Waals surface area contributed by atoms with Crippen LogP contribution in [0, 0.1) is 5.92 Å². The summed E-state index contributed by atoms with van der Waals surface area (Å²) in [5, 5.41) is 12.9. The molecule has 1 heterocycles. The lowest BCUT2D eigenvalue weighted by atomic mass is 10.0. The van der Waals surface area contributed by atoms with E-state index in [0.717, 1.165) is 32.4 Å². The van der Waals surface area contributed by atoms with Gasteiger partial charge in [-0.15, -0.1) is 0 Å². The van der Waals surface area contributed by atoms with E-state index in [1.54, 1.807) is 0 Å². The average Bonchev–Trinajstić information content (AvgIpc) is 2.60. The molecule has 2 aliphatic rings. The number of rotatable bonds is 2. The lowest BCUT2D eigenvalue weighted by Gasteiger charge is -2.32. The second-order valence-corrected chi connectivity index (χ2v) is 4.62. The van der Waals surface area contributed by atoms with Crippen LogP contribution in [0.4, 0.5) is 0 Å². The molecule has 86 valence electrons. The van der Waals surface area contributed by atoms with E-state index in [0.29, 0.717) is 12.5 Å². The molecule has 3 atom stereocenters. The van der Waals surface area contributed by atoms with E-state index in [9.17, 15) is 9.90 Å². The number of hydrogen-bond acceptors (Lipinski definition) is 3. The van der Waals surface area contributed by atoms with Gasteiger partial charge in [-0.05, 0) is 18.8 Å². The van der Waals surface area contributed by atoms with Crippen LogP contribution in [0.1, 0.15) is 26.2 Å². The van der Waals surface area contributed by atoms with Crippen LogP contribution in [0.5, 0.6) is 0 Å². The Morgan fingerprint density at radius 3 is 2.93 bits per heavy atom. The van der Waals surface area contributed by atoms with E-state index in [1.165, 1.54) is 0 Å². The summed E-state index contributed by atoms with van der Waals surface area (Å²) in [4.78, 5) is 13.6. The van der Waals surface area contributed by atoms with Gasteiger partial charge >= 0.3 is 0 Å². The highest BCUT2D eigenvalue weighted by Crippen LogP contribution is 2.32. The molecule has 0 bridgehead atoms. The maximum absolute atomic E-state index is 11.7. The fourth-order valence-electron chi connectivity index (χ4n) is 2.77. The SMILES string of the molecule is CC[C@H]1C[C@@H](N2CCNCC2=O)C[C@@H]1O. The number of carbonyl (C=O) groups excluding carboxylic acids is 1. The van der Waals surface area contributed by atoms with Gasteiger partial charge in [-0.3, -0.25) is 4.79 Å². The average molecular weight is 212 g/mol. The van der Waals surface area contributed by atoms with Gasteiger partial charge in [-0.2, -0.15) is 0 Å². The Bertz CT molecular complexity index is 245. The van der Waals surface area contributed by atoms with E-state index in [-0.39, 0.29) is 18.1 Å². The second-order valence-electron chi connectivity index (χ2n) is 4.62. The predicted octanol–water partition coefficient (Wildman–Crippen LogP) is -0.0323. The molecule has 2 N–H and O–H groups in total. The molecule has 0 radical (unpaired) electrons. The third-order valence-corrected chi connectivity index (χ3v) is 3.72. The maximum atomic E-state index is 11.7. The van der Waals surface area contributed by atoms with Gasteiger partial charge in [0, 0.05) is 19.1 Å². The molecule has 0 spiro atoms. The number of aliphatic hydroxyl groups excluding tert-OH is 1. The molecule has 2 fully saturated rings. The quantitative estimate of drug-likeness (QED) is 0.676. The van der Waals surface area contributed by atoms with Gasteiger partial charge in [0.2, 0.25) is 5.91 Å². The van der Waals surface area contributed by atoms with E-state index in [2.05, 4.69) is 12.2 Å². The highest BCUT2D eigenvalue weighted by molar-refractivity contribution is 5.79. The van der Waals surface area contributed by atoms with Crippen molar-refractivity contribution in [1.29, 1.82) is 0 Å². The maximum Gasteiger partial charge on any atom is 0.236 e. The summed E-state index contributed by atoms with van der Waals surface area (Å²) in [6.45, 7) is 4.25. The van der Waals surface area contributed by atoms with Crippen molar-refractivity contribution in [3.8, 4) is 0 Å². The van der Waals surface area contributed by atoms with Crippen LogP contribution in [-0.4, -0.2) is 47.7 Å². The van der Waals surface area contributed by atoms with Crippen molar-refractivity contribution in [2.24, 2.45) is 5.92 Å². The minimum absolute atomic E-state index is 0.190. The Morgan fingerprint density at radius 2 is 2.33 bits per heavy atom. The van der Waals surface area contributed by atoms with Gasteiger partial charge in [0.15, 0.2) is 0 Å². The number of nitrogens with one attached hydrogen (secondary N) is 1. The van der Waals surface area contributed by atoms with Crippen LogP contribution in [0.15, 0.2) is 0 Å². The third-order valence-electron chi connectivity index (χ3n) is 3.72. The summed E-state index contributed by atoms with van der Waals surface area (Å²) in [6.07, 6.45) is 2.55. The molecule has 2 rings (SSSR count). The summed E-state index contributed by atoms with van der Waals surface area (Å²) >= 11 is 0. The van der Waals surface area contributed by atoms with Crippen molar-refractivity contribution in [2.45, 2.75) is 38.3 Å². The van der Waals surface area contributed by atoms with E-state index in [4.69, 9.17) is 0 Å². The molecule has 4 nitrogen and oxygen atoms in total. The first-order valence-corrected chi connectivity index (χ1v) is 5.90. The van der Waals surface area contributed by atoms with Gasteiger partial charge in [0.25, 0.3) is 0 Å². The van der Waals surface area contributed by atoms with Crippen molar-refractivity contribution in [3.63, 3.8) is 0 Å². The smallest absolute Gasteiger partial charge is 0.236 e. The number of aliphatic hydroxyl groups is 1. The summed E-state index contributed by atoms with van der Waals surface area (Å²) in [7, 11) is 0. The molecule has 0 aromatic rings. The molecule has 1 aliphatic heterocycles. The summed E-state index contributed by atoms with van der Waals surface area (Å²) in [5.74, 6) is 0.577. The first kappa shape index (κ1) is 10.9. The summed E-state index contributed by atoms with van der Waals surface area (Å²) in [6, 6.07) is 0.277. The molecule has 1 amide bonds. The Hall–Kier alpha value is -0.610. The highest BCUT2D eigenvalue weighted by atomic mass is 16.3. The number of nitrogens with zero attached hydrogens (tertiary/aromatic N) is 1. The van der Waals surface area contributed by atoms with Crippen molar-refractivity contribution in [2.75, 3.05) is 19.6 Å². The zero-order chi connectivity index (χ0) is 10.8. The van der Waals surface area contributed by atoms with Crippen molar-refractivity contribution < 1.29 is 9.90 Å². The van der Waals surface area contributed by atoms with Crippen LogP contribution in [0.25, 0.3) is 0 Å². The molecule has 0 aromatic heterocycles. The number of hydrogen-bond donors (Lipinski definition) is 2. The lowest BCUT2D eigenvalue weighted by molar-refractivity contribution is -0.134. The Balaban J connectivity index is 1.96. The Labute approximate surface area is 90.6 Å². The first-order valence-electron chi connectivity index (χ1n) is 5.90. The second kappa shape index (κ2) is 4.49. The van der Waals surface area contributed by atoms with E-state index in [1.807, 2.05) is 4.90 Å². The van der Waals surface area contributed by atoms with Gasteiger partial charge in [0.05, 0.1) is 12.6 Å². The molecule has 1 aliphatic carbocycles. The van der Waals surface area contributed by atoms with Gasteiger partial charge in [-0.1, -0.05) is 13.3 Å². The fourth-order valence-corrected chi connectivity index (χ4v) is 2.77. The zero-order valence-electron chi connectivity index (χ0n) is 9.28. The third kappa shape index (κ3) is 2.16. The molecule has 15 heavy (non-hydrogen) atoms. The van der Waals surface area contributed by atoms with Crippen molar-refractivity contribution in [1.82, 2.24) is 10.2 Å². The molecule has 4 heteroatoms. The minimum atomic E-state index is -0.206. The van der Waals surface area contributed by atoms with Crippen LogP contribution in [0.2, 0.25) is 0 Å². The van der Waals surface area contributed by atoms with Crippen molar-refractivity contribution in [3.05, 3.63) is 0 Å². The van der Waals surface area contributed by atoms with E-state index < -0.39 is 0 Å². The first-order chi connectivity index (χ1) is 7.22. The van der Waals surface area contributed by atoms with Crippen LogP contribution in [-0.2, 0) is 4.79 Å². The molecule has 0 unspecified atom stereocenters. The van der Waals surface area contributed by atoms with Crippen LogP contribution >= 0.6 is 0 Å². The number of piperazine rings is 1. The molecular formula is C11H20N2O2. The summed E-state index contributed by atoms with van der Waals surface area (Å²) in [5.41, 5.74) is 0. The molecule has 1 saturated carbocycles. The number of amides is 1. The monoisotopic (exact) mass is 212 g/mol. The normalized spacial score (nSPS) is 37.3. The van der Waals surface area contributed by atoms with Gasteiger partial charge in [0.1, 0.15) is 0 Å².